The minimum Gasteiger partial charge on any atom is -0.478 e. The summed E-state index contributed by atoms with van der Waals surface area (Å²) in [4.78, 5) is 15.7. The molecular weight excluding hydrogens is 264 g/mol. The molecule has 1 aromatic rings. The van der Waals surface area contributed by atoms with Gasteiger partial charge in [0.05, 0.1) is 5.56 Å². The number of nitrogens with zero attached hydrogens (tertiary/aromatic N) is 2. The molecule has 1 aromatic carbocycles. The molecule has 0 saturated carbocycles. The smallest absolute Gasteiger partial charge is 0.335 e. The summed E-state index contributed by atoms with van der Waals surface area (Å²) in [6, 6.07) is 5.42. The van der Waals surface area contributed by atoms with Crippen LogP contribution in [0.2, 0.25) is 0 Å². The summed E-state index contributed by atoms with van der Waals surface area (Å²) in [5, 5.41) is 9.01. The first-order valence-corrected chi connectivity index (χ1v) is 7.65. The van der Waals surface area contributed by atoms with E-state index in [-0.39, 0.29) is 0 Å². The number of hydrogen-bond acceptors (Lipinski definition) is 3. The maximum absolute atomic E-state index is 11.0. The fourth-order valence-corrected chi connectivity index (χ4v) is 3.05. The van der Waals surface area contributed by atoms with Crippen LogP contribution in [-0.4, -0.2) is 54.6 Å². The Morgan fingerprint density at radius 2 is 2.05 bits per heavy atom. The van der Waals surface area contributed by atoms with E-state index in [9.17, 15) is 4.79 Å². The van der Waals surface area contributed by atoms with Crippen LogP contribution in [0.25, 0.3) is 0 Å². The van der Waals surface area contributed by atoms with Crippen molar-refractivity contribution in [3.05, 3.63) is 34.9 Å². The molecule has 0 aliphatic carbocycles. The lowest BCUT2D eigenvalue weighted by molar-refractivity contribution is 0.0696. The van der Waals surface area contributed by atoms with Gasteiger partial charge in [0.25, 0.3) is 0 Å². The van der Waals surface area contributed by atoms with Crippen LogP contribution in [0.4, 0.5) is 0 Å². The Balaban J connectivity index is 1.90. The standard InChI is InChI=1S/C17H26N2O2/c1-13-10-15(17(20)21)4-5-16(13)12-19(3)11-14-6-8-18(2)9-7-14/h4-5,10,14H,6-9,11-12H2,1-3H3,(H,20,21). The molecule has 21 heavy (non-hydrogen) atoms. The zero-order valence-corrected chi connectivity index (χ0v) is 13.3. The minimum atomic E-state index is -0.857. The second kappa shape index (κ2) is 7.05. The van der Waals surface area contributed by atoms with Crippen LogP contribution in [0.15, 0.2) is 18.2 Å². The van der Waals surface area contributed by atoms with E-state index in [0.717, 1.165) is 24.6 Å². The Bertz CT molecular complexity index is 494. The summed E-state index contributed by atoms with van der Waals surface area (Å²) in [7, 11) is 4.34. The first kappa shape index (κ1) is 16.0. The Kier molecular flexibility index (Phi) is 5.37. The van der Waals surface area contributed by atoms with Gasteiger partial charge >= 0.3 is 5.97 Å². The highest BCUT2D eigenvalue weighted by molar-refractivity contribution is 5.87. The van der Waals surface area contributed by atoms with Crippen LogP contribution >= 0.6 is 0 Å². The van der Waals surface area contributed by atoms with Crippen LogP contribution in [0, 0.1) is 12.8 Å². The number of rotatable bonds is 5. The van der Waals surface area contributed by atoms with Crippen molar-refractivity contribution in [2.75, 3.05) is 33.7 Å². The van der Waals surface area contributed by atoms with Gasteiger partial charge in [0.15, 0.2) is 0 Å². The first-order chi connectivity index (χ1) is 9.95. The minimum absolute atomic E-state index is 0.370. The number of benzene rings is 1. The summed E-state index contributed by atoms with van der Waals surface area (Å²) in [6.45, 7) is 6.40. The summed E-state index contributed by atoms with van der Waals surface area (Å²) in [6.07, 6.45) is 2.55. The lowest BCUT2D eigenvalue weighted by Gasteiger charge is -2.31. The van der Waals surface area contributed by atoms with Gasteiger partial charge < -0.3 is 14.9 Å². The van der Waals surface area contributed by atoms with Crippen molar-refractivity contribution in [1.29, 1.82) is 0 Å². The topological polar surface area (TPSA) is 43.8 Å². The normalized spacial score (nSPS) is 17.3. The van der Waals surface area contributed by atoms with Gasteiger partial charge in [-0.15, -0.1) is 0 Å². The van der Waals surface area contributed by atoms with Gasteiger partial charge in [0.1, 0.15) is 0 Å². The molecule has 0 aromatic heterocycles. The van der Waals surface area contributed by atoms with E-state index in [0.29, 0.717) is 5.56 Å². The highest BCUT2D eigenvalue weighted by Crippen LogP contribution is 2.19. The quantitative estimate of drug-likeness (QED) is 0.905. The lowest BCUT2D eigenvalue weighted by atomic mass is 9.96. The van der Waals surface area contributed by atoms with Crippen molar-refractivity contribution in [1.82, 2.24) is 9.80 Å². The van der Waals surface area contributed by atoms with E-state index in [1.165, 1.54) is 31.5 Å². The second-order valence-corrected chi connectivity index (χ2v) is 6.39. The third-order valence-electron chi connectivity index (χ3n) is 4.44. The highest BCUT2D eigenvalue weighted by Gasteiger charge is 2.18. The van der Waals surface area contributed by atoms with Crippen LogP contribution in [-0.2, 0) is 6.54 Å². The number of piperidine rings is 1. The van der Waals surface area contributed by atoms with E-state index in [1.54, 1.807) is 12.1 Å². The van der Waals surface area contributed by atoms with Crippen LogP contribution in [0.5, 0.6) is 0 Å². The van der Waals surface area contributed by atoms with Crippen molar-refractivity contribution < 1.29 is 9.90 Å². The molecular formula is C17H26N2O2. The largest absolute Gasteiger partial charge is 0.478 e. The molecule has 2 rings (SSSR count). The van der Waals surface area contributed by atoms with Gasteiger partial charge in [-0.2, -0.15) is 0 Å². The molecule has 1 aliphatic heterocycles. The molecule has 0 bridgehead atoms. The number of carboxylic acids is 1. The van der Waals surface area contributed by atoms with Gasteiger partial charge in [0, 0.05) is 13.1 Å². The van der Waals surface area contributed by atoms with Crippen LogP contribution < -0.4 is 0 Å². The molecule has 1 saturated heterocycles. The van der Waals surface area contributed by atoms with Gasteiger partial charge in [-0.3, -0.25) is 0 Å². The molecule has 0 spiro atoms. The first-order valence-electron chi connectivity index (χ1n) is 7.65. The zero-order chi connectivity index (χ0) is 15.4. The van der Waals surface area contributed by atoms with Crippen molar-refractivity contribution in [3.8, 4) is 0 Å². The van der Waals surface area contributed by atoms with Gasteiger partial charge in [-0.1, -0.05) is 6.07 Å². The predicted molar refractivity (Wildman–Crippen MR) is 84.7 cm³/mol. The van der Waals surface area contributed by atoms with E-state index in [1.807, 2.05) is 13.0 Å². The summed E-state index contributed by atoms with van der Waals surface area (Å²) in [5.74, 6) is -0.0749. The molecule has 1 N–H and O–H groups in total. The average Bonchev–Trinajstić information content (AvgIpc) is 2.43. The summed E-state index contributed by atoms with van der Waals surface area (Å²) < 4.78 is 0. The van der Waals surface area contributed by atoms with Crippen molar-refractivity contribution in [2.45, 2.75) is 26.3 Å². The Morgan fingerprint density at radius 1 is 1.38 bits per heavy atom. The van der Waals surface area contributed by atoms with E-state index in [4.69, 9.17) is 5.11 Å². The molecule has 0 radical (unpaired) electrons. The zero-order valence-electron chi connectivity index (χ0n) is 13.3. The molecule has 0 amide bonds. The molecule has 1 heterocycles. The number of aromatic carboxylic acids is 1. The maximum atomic E-state index is 11.0. The Morgan fingerprint density at radius 3 is 2.62 bits per heavy atom. The fourth-order valence-electron chi connectivity index (χ4n) is 3.05. The molecule has 1 aliphatic rings. The Hall–Kier alpha value is -1.39. The maximum Gasteiger partial charge on any atom is 0.335 e. The SMILES string of the molecule is Cc1cc(C(=O)O)ccc1CN(C)CC1CCN(C)CC1. The molecule has 0 unspecified atom stereocenters. The third-order valence-corrected chi connectivity index (χ3v) is 4.44. The Labute approximate surface area is 127 Å². The lowest BCUT2D eigenvalue weighted by Crippen LogP contribution is -2.35. The van der Waals surface area contributed by atoms with Crippen molar-refractivity contribution in [2.24, 2.45) is 5.92 Å². The second-order valence-electron chi connectivity index (χ2n) is 6.39. The van der Waals surface area contributed by atoms with Gasteiger partial charge in [-0.25, -0.2) is 4.79 Å². The van der Waals surface area contributed by atoms with E-state index >= 15 is 0 Å². The monoisotopic (exact) mass is 290 g/mol. The van der Waals surface area contributed by atoms with Gasteiger partial charge in [-0.05, 0) is 76.1 Å². The molecule has 1 fully saturated rings. The molecule has 4 heteroatoms. The number of hydrogen-bond donors (Lipinski definition) is 1. The third kappa shape index (κ3) is 4.55. The van der Waals surface area contributed by atoms with E-state index in [2.05, 4.69) is 23.9 Å². The predicted octanol–water partition coefficient (Wildman–Crippen LogP) is 2.47. The fraction of sp³-hybridized carbons (Fsp3) is 0.588. The van der Waals surface area contributed by atoms with Crippen molar-refractivity contribution in [3.63, 3.8) is 0 Å². The van der Waals surface area contributed by atoms with Crippen LogP contribution in [0.1, 0.15) is 34.3 Å². The average molecular weight is 290 g/mol. The number of aryl methyl sites for hydroxylation is 1. The summed E-state index contributed by atoms with van der Waals surface area (Å²) in [5.41, 5.74) is 2.65. The van der Waals surface area contributed by atoms with Crippen LogP contribution in [0.3, 0.4) is 0 Å². The molecule has 116 valence electrons. The number of carboxylic acid groups (broad SMARTS) is 1. The van der Waals surface area contributed by atoms with Crippen molar-refractivity contribution >= 4 is 5.97 Å². The highest BCUT2D eigenvalue weighted by atomic mass is 16.4. The summed E-state index contributed by atoms with van der Waals surface area (Å²) >= 11 is 0. The number of likely N-dealkylation sites (tertiary alicyclic amines) is 1. The molecule has 4 nitrogen and oxygen atoms in total. The van der Waals surface area contributed by atoms with E-state index < -0.39 is 5.97 Å². The molecule has 0 atom stereocenters. The number of carbonyl (C=O) groups is 1. The van der Waals surface area contributed by atoms with Gasteiger partial charge in [0.2, 0.25) is 0 Å².